The molecular formula is C28H20F2N6O5. The number of carbonyl (C=O) groups excluding carboxylic acids is 2. The number of rotatable bonds is 6. The van der Waals surface area contributed by atoms with Crippen LogP contribution in [-0.4, -0.2) is 33.1 Å². The lowest BCUT2D eigenvalue weighted by Gasteiger charge is -2.11. The molecule has 13 heteroatoms. The minimum absolute atomic E-state index is 0.0137. The van der Waals surface area contributed by atoms with Gasteiger partial charge < -0.3 is 20.9 Å². The summed E-state index contributed by atoms with van der Waals surface area (Å²) in [5.41, 5.74) is 7.21. The number of anilines is 3. The number of nitrogens with zero attached hydrogens (tertiary/aromatic N) is 2. The molecule has 4 aromatic rings. The van der Waals surface area contributed by atoms with Gasteiger partial charge in [-0.3, -0.25) is 15.4 Å². The Morgan fingerprint density at radius 3 is 2.34 bits per heavy atom. The van der Waals surface area contributed by atoms with E-state index in [1.807, 2.05) is 0 Å². The third-order valence-corrected chi connectivity index (χ3v) is 5.21. The summed E-state index contributed by atoms with van der Waals surface area (Å²) in [5.74, 6) is 3.51. The number of hydrogen-bond donors (Lipinski definition) is 5. The number of nitrogens with two attached hydrogens (primary N) is 1. The number of imide groups is 1. The van der Waals surface area contributed by atoms with E-state index in [4.69, 9.17) is 15.6 Å². The number of hydrogen-bond acceptors (Lipinski definition) is 7. The van der Waals surface area contributed by atoms with Crippen LogP contribution >= 0.6 is 0 Å². The molecule has 4 amide bonds. The number of carbonyl (C=O) groups is 3. The number of carboxylic acid groups (broad SMARTS) is 1. The summed E-state index contributed by atoms with van der Waals surface area (Å²) in [4.78, 5) is 43.0. The molecule has 0 spiro atoms. The third kappa shape index (κ3) is 7.98. The Kier molecular flexibility index (Phi) is 8.65. The van der Waals surface area contributed by atoms with E-state index < -0.39 is 29.7 Å². The number of pyridine rings is 2. The second kappa shape index (κ2) is 12.7. The fraction of sp³-hybridized carbons (Fsp3) is 0.0357. The van der Waals surface area contributed by atoms with Gasteiger partial charge in [-0.15, -0.1) is 0 Å². The minimum Gasteiger partial charge on any atom is -0.465 e. The average molecular weight is 559 g/mol. The summed E-state index contributed by atoms with van der Waals surface area (Å²) >= 11 is 0. The first kappa shape index (κ1) is 28.0. The molecule has 0 aliphatic carbocycles. The SMILES string of the molecule is Nc1nccc(Oc2ccc(NC(=O)NC(=O)Cc3ccc(F)cc3)cc2F)c1C#Cc1ccc(NC(=O)O)cn1. The van der Waals surface area contributed by atoms with Crippen LogP contribution in [0, 0.1) is 23.5 Å². The molecule has 41 heavy (non-hydrogen) atoms. The summed E-state index contributed by atoms with van der Waals surface area (Å²) in [5, 5.41) is 15.4. The van der Waals surface area contributed by atoms with Gasteiger partial charge in [0.25, 0.3) is 0 Å². The molecule has 0 aliphatic rings. The van der Waals surface area contributed by atoms with Crippen molar-refractivity contribution in [3.63, 3.8) is 0 Å². The van der Waals surface area contributed by atoms with Crippen molar-refractivity contribution in [1.29, 1.82) is 0 Å². The molecule has 2 aromatic carbocycles. The maximum absolute atomic E-state index is 14.8. The third-order valence-electron chi connectivity index (χ3n) is 5.21. The Labute approximate surface area is 231 Å². The number of nitrogen functional groups attached to an aromatic ring is 1. The highest BCUT2D eigenvalue weighted by molar-refractivity contribution is 6.01. The van der Waals surface area contributed by atoms with Crippen LogP contribution in [0.5, 0.6) is 11.5 Å². The van der Waals surface area contributed by atoms with Gasteiger partial charge in [0, 0.05) is 24.0 Å². The van der Waals surface area contributed by atoms with Crippen molar-refractivity contribution in [1.82, 2.24) is 15.3 Å². The highest BCUT2D eigenvalue weighted by Gasteiger charge is 2.14. The molecule has 11 nitrogen and oxygen atoms in total. The topological polar surface area (TPSA) is 169 Å². The molecular weight excluding hydrogens is 538 g/mol. The van der Waals surface area contributed by atoms with Crippen molar-refractivity contribution in [3.05, 3.63) is 102 Å². The highest BCUT2D eigenvalue weighted by atomic mass is 19.1. The fourth-order valence-corrected chi connectivity index (χ4v) is 3.36. The van der Waals surface area contributed by atoms with E-state index >= 15 is 0 Å². The van der Waals surface area contributed by atoms with Crippen molar-refractivity contribution in [2.24, 2.45) is 0 Å². The van der Waals surface area contributed by atoms with Crippen LogP contribution in [0.1, 0.15) is 16.8 Å². The quantitative estimate of drug-likeness (QED) is 0.215. The molecule has 0 fully saturated rings. The molecule has 0 unspecified atom stereocenters. The summed E-state index contributed by atoms with van der Waals surface area (Å²) in [6.45, 7) is 0. The molecule has 0 saturated carbocycles. The Bertz CT molecular complexity index is 1670. The first-order valence-corrected chi connectivity index (χ1v) is 11.7. The van der Waals surface area contributed by atoms with E-state index in [1.165, 1.54) is 67.0 Å². The van der Waals surface area contributed by atoms with E-state index in [0.29, 0.717) is 11.3 Å². The fourth-order valence-electron chi connectivity index (χ4n) is 3.36. The Morgan fingerprint density at radius 2 is 1.66 bits per heavy atom. The molecule has 4 rings (SSSR count). The van der Waals surface area contributed by atoms with Crippen LogP contribution in [0.2, 0.25) is 0 Å². The number of amides is 4. The van der Waals surface area contributed by atoms with Crippen LogP contribution in [0.3, 0.4) is 0 Å². The van der Waals surface area contributed by atoms with Gasteiger partial charge >= 0.3 is 12.1 Å². The first-order valence-electron chi connectivity index (χ1n) is 11.7. The largest absolute Gasteiger partial charge is 0.465 e. The van der Waals surface area contributed by atoms with Crippen LogP contribution in [0.25, 0.3) is 0 Å². The van der Waals surface area contributed by atoms with Crippen LogP contribution in [0.4, 0.5) is 35.6 Å². The molecule has 0 saturated heterocycles. The van der Waals surface area contributed by atoms with Gasteiger partial charge in [0.2, 0.25) is 5.91 Å². The lowest BCUT2D eigenvalue weighted by atomic mass is 10.1. The monoisotopic (exact) mass is 558 g/mol. The minimum atomic E-state index is -1.23. The predicted octanol–water partition coefficient (Wildman–Crippen LogP) is 4.51. The summed E-state index contributed by atoms with van der Waals surface area (Å²) < 4.78 is 33.5. The number of nitrogens with one attached hydrogen (secondary N) is 3. The van der Waals surface area contributed by atoms with E-state index in [1.54, 1.807) is 0 Å². The maximum Gasteiger partial charge on any atom is 0.409 e. The van der Waals surface area contributed by atoms with Crippen molar-refractivity contribution >= 4 is 35.2 Å². The van der Waals surface area contributed by atoms with E-state index in [2.05, 4.69) is 37.8 Å². The number of halogens is 2. The van der Waals surface area contributed by atoms with Crippen LogP contribution in [-0.2, 0) is 11.2 Å². The average Bonchev–Trinajstić information content (AvgIpc) is 2.91. The number of ether oxygens (including phenoxy) is 1. The Balaban J connectivity index is 1.41. The zero-order valence-corrected chi connectivity index (χ0v) is 20.9. The van der Waals surface area contributed by atoms with E-state index in [0.717, 1.165) is 6.07 Å². The zero-order chi connectivity index (χ0) is 29.4. The molecule has 0 bridgehead atoms. The van der Waals surface area contributed by atoms with Crippen LogP contribution < -0.4 is 26.4 Å². The van der Waals surface area contributed by atoms with Crippen LogP contribution in [0.15, 0.2) is 73.1 Å². The Hall–Kier alpha value is -6.03. The predicted molar refractivity (Wildman–Crippen MR) is 144 cm³/mol. The first-order chi connectivity index (χ1) is 19.7. The molecule has 0 aliphatic heterocycles. The van der Waals surface area contributed by atoms with E-state index in [-0.39, 0.29) is 40.7 Å². The van der Waals surface area contributed by atoms with Gasteiger partial charge in [0.15, 0.2) is 11.6 Å². The second-order valence-electron chi connectivity index (χ2n) is 8.23. The molecule has 2 heterocycles. The summed E-state index contributed by atoms with van der Waals surface area (Å²) in [6.07, 6.45) is 1.25. The van der Waals surface area contributed by atoms with Gasteiger partial charge in [0.05, 0.1) is 18.3 Å². The van der Waals surface area contributed by atoms with Gasteiger partial charge in [-0.1, -0.05) is 18.1 Å². The molecule has 206 valence electrons. The molecule has 0 atom stereocenters. The van der Waals surface area contributed by atoms with Crippen molar-refractivity contribution in [2.45, 2.75) is 6.42 Å². The lowest BCUT2D eigenvalue weighted by molar-refractivity contribution is -0.119. The van der Waals surface area contributed by atoms with Crippen molar-refractivity contribution < 1.29 is 33.0 Å². The van der Waals surface area contributed by atoms with Gasteiger partial charge in [-0.2, -0.15) is 0 Å². The standard InChI is InChI=1S/C28H20F2N6O5/c29-17-3-1-16(2-4-17)13-25(37)36-27(38)34-19-8-10-24(22(30)14-19)41-23-11-12-32-26(31)21(23)9-7-18-5-6-20(15-33-18)35-28(39)40/h1-6,8,10-12,14-15,35H,13H2,(H2,31,32)(H,39,40)(H2,34,36,37,38). The number of urea groups is 1. The number of aromatic nitrogens is 2. The van der Waals surface area contributed by atoms with Crippen molar-refractivity contribution in [2.75, 3.05) is 16.4 Å². The smallest absolute Gasteiger partial charge is 0.409 e. The highest BCUT2D eigenvalue weighted by Crippen LogP contribution is 2.30. The molecule has 6 N–H and O–H groups in total. The van der Waals surface area contributed by atoms with Gasteiger partial charge in [-0.05, 0) is 47.9 Å². The molecule has 0 radical (unpaired) electrons. The second-order valence-corrected chi connectivity index (χ2v) is 8.23. The Morgan fingerprint density at radius 1 is 0.902 bits per heavy atom. The molecule has 2 aromatic heterocycles. The summed E-state index contributed by atoms with van der Waals surface area (Å²) in [7, 11) is 0. The van der Waals surface area contributed by atoms with E-state index in [9.17, 15) is 23.2 Å². The normalized spacial score (nSPS) is 10.1. The van der Waals surface area contributed by atoms with Crippen molar-refractivity contribution in [3.8, 4) is 23.3 Å². The summed E-state index contributed by atoms with van der Waals surface area (Å²) in [6, 6.07) is 12.4. The maximum atomic E-state index is 14.8. The number of benzene rings is 2. The lowest BCUT2D eigenvalue weighted by Crippen LogP contribution is -2.35. The van der Waals surface area contributed by atoms with Gasteiger partial charge in [0.1, 0.15) is 28.6 Å². The zero-order valence-electron chi connectivity index (χ0n) is 20.9. The van der Waals surface area contributed by atoms with Gasteiger partial charge in [-0.25, -0.2) is 28.3 Å².